The molecule has 1 aromatic heterocycles. The molecule has 0 N–H and O–H groups in total. The van der Waals surface area contributed by atoms with E-state index in [2.05, 4.69) is 37.4 Å². The highest BCUT2D eigenvalue weighted by molar-refractivity contribution is 9.10. The third-order valence-electron chi connectivity index (χ3n) is 3.34. The molecule has 0 saturated carbocycles. The lowest BCUT2D eigenvalue weighted by Crippen LogP contribution is -2.31. The predicted octanol–water partition coefficient (Wildman–Crippen LogP) is 2.67. The van der Waals surface area contributed by atoms with Crippen LogP contribution in [0.4, 0.5) is 0 Å². The molecule has 1 aromatic carbocycles. The summed E-state index contributed by atoms with van der Waals surface area (Å²) < 4.78 is 8.97. The van der Waals surface area contributed by atoms with E-state index in [1.807, 2.05) is 30.3 Å². The number of ether oxygens (including phenoxy) is 1. The number of hydrogen-bond acceptors (Lipinski definition) is 3. The van der Waals surface area contributed by atoms with E-state index in [1.54, 1.807) is 0 Å². The van der Waals surface area contributed by atoms with Crippen LogP contribution < -0.4 is 4.74 Å². The zero-order chi connectivity index (χ0) is 13.2. The zero-order valence-corrected chi connectivity index (χ0v) is 12.4. The van der Waals surface area contributed by atoms with Gasteiger partial charge in [-0.3, -0.25) is 4.90 Å². The first kappa shape index (κ1) is 12.7. The Labute approximate surface area is 121 Å². The lowest BCUT2D eigenvalue weighted by atomic mass is 10.3. The maximum Gasteiger partial charge on any atom is 0.148 e. The number of hydrogen-bond donors (Lipinski definition) is 0. The van der Waals surface area contributed by atoms with E-state index in [9.17, 15) is 0 Å². The standard InChI is InChI=1S/C14H16BrN3O/c1-17-7-8-18-12(9-17)14(15)16-13(18)10-19-11-5-3-2-4-6-11/h2-6H,7-10H2,1H3. The van der Waals surface area contributed by atoms with Crippen molar-refractivity contribution < 1.29 is 4.74 Å². The highest BCUT2D eigenvalue weighted by Crippen LogP contribution is 2.23. The van der Waals surface area contributed by atoms with Crippen molar-refractivity contribution in [3.63, 3.8) is 0 Å². The van der Waals surface area contributed by atoms with Crippen molar-refractivity contribution in [3.05, 3.63) is 46.5 Å². The van der Waals surface area contributed by atoms with Gasteiger partial charge in [-0.2, -0.15) is 0 Å². The zero-order valence-electron chi connectivity index (χ0n) is 10.8. The Morgan fingerprint density at radius 3 is 2.84 bits per heavy atom. The largest absolute Gasteiger partial charge is 0.486 e. The van der Waals surface area contributed by atoms with Crippen LogP contribution in [0.3, 0.4) is 0 Å². The first-order valence-electron chi connectivity index (χ1n) is 6.34. The van der Waals surface area contributed by atoms with Gasteiger partial charge in [-0.15, -0.1) is 0 Å². The molecule has 1 aliphatic rings. The van der Waals surface area contributed by atoms with E-state index in [1.165, 1.54) is 5.69 Å². The van der Waals surface area contributed by atoms with Gasteiger partial charge < -0.3 is 9.30 Å². The fourth-order valence-corrected chi connectivity index (χ4v) is 2.84. The second-order valence-electron chi connectivity index (χ2n) is 4.76. The van der Waals surface area contributed by atoms with Crippen LogP contribution in [0.2, 0.25) is 0 Å². The Morgan fingerprint density at radius 1 is 1.26 bits per heavy atom. The molecule has 0 saturated heterocycles. The summed E-state index contributed by atoms with van der Waals surface area (Å²) in [5, 5.41) is 0. The highest BCUT2D eigenvalue weighted by atomic mass is 79.9. The molecule has 2 aromatic rings. The Kier molecular flexibility index (Phi) is 3.57. The summed E-state index contributed by atoms with van der Waals surface area (Å²) in [4.78, 5) is 6.86. The monoisotopic (exact) mass is 321 g/mol. The molecular formula is C14H16BrN3O. The van der Waals surface area contributed by atoms with Crippen molar-refractivity contribution in [2.75, 3.05) is 13.6 Å². The van der Waals surface area contributed by atoms with Crippen molar-refractivity contribution in [2.24, 2.45) is 0 Å². The van der Waals surface area contributed by atoms with Crippen LogP contribution in [-0.2, 0) is 19.7 Å². The molecule has 0 bridgehead atoms. The highest BCUT2D eigenvalue weighted by Gasteiger charge is 2.21. The molecule has 0 fully saturated rings. The summed E-state index contributed by atoms with van der Waals surface area (Å²) in [7, 11) is 2.13. The molecule has 0 aliphatic carbocycles. The molecule has 0 atom stereocenters. The molecule has 0 radical (unpaired) electrons. The lowest BCUT2D eigenvalue weighted by molar-refractivity contribution is 0.248. The molecule has 3 rings (SSSR count). The molecule has 4 nitrogen and oxygen atoms in total. The summed E-state index contributed by atoms with van der Waals surface area (Å²) in [5.41, 5.74) is 1.24. The first-order chi connectivity index (χ1) is 9.24. The normalized spacial score (nSPS) is 15.3. The van der Waals surface area contributed by atoms with Gasteiger partial charge >= 0.3 is 0 Å². The van der Waals surface area contributed by atoms with Gasteiger partial charge in [0.2, 0.25) is 0 Å². The molecule has 2 heterocycles. The lowest BCUT2D eigenvalue weighted by Gasteiger charge is -2.25. The van der Waals surface area contributed by atoms with Crippen LogP contribution in [0.25, 0.3) is 0 Å². The Balaban J connectivity index is 1.77. The fourth-order valence-electron chi connectivity index (χ4n) is 2.30. The molecule has 100 valence electrons. The first-order valence-corrected chi connectivity index (χ1v) is 7.13. The predicted molar refractivity (Wildman–Crippen MR) is 77.0 cm³/mol. The summed E-state index contributed by atoms with van der Waals surface area (Å²) in [5.74, 6) is 1.86. The van der Waals surface area contributed by atoms with Gasteiger partial charge in [0, 0.05) is 19.6 Å². The van der Waals surface area contributed by atoms with Crippen LogP contribution in [0.1, 0.15) is 11.5 Å². The van der Waals surface area contributed by atoms with Crippen molar-refractivity contribution in [1.29, 1.82) is 0 Å². The second-order valence-corrected chi connectivity index (χ2v) is 5.51. The van der Waals surface area contributed by atoms with Crippen molar-refractivity contribution >= 4 is 15.9 Å². The van der Waals surface area contributed by atoms with Crippen molar-refractivity contribution in [3.8, 4) is 5.75 Å². The average molecular weight is 322 g/mol. The number of fused-ring (bicyclic) bond motifs is 1. The van der Waals surface area contributed by atoms with E-state index >= 15 is 0 Å². The number of imidazole rings is 1. The topological polar surface area (TPSA) is 30.3 Å². The molecular weight excluding hydrogens is 306 g/mol. The number of aromatic nitrogens is 2. The van der Waals surface area contributed by atoms with Crippen LogP contribution in [0, 0.1) is 0 Å². The number of likely N-dealkylation sites (N-methyl/N-ethyl adjacent to an activating group) is 1. The number of nitrogens with zero attached hydrogens (tertiary/aromatic N) is 3. The summed E-state index contributed by atoms with van der Waals surface area (Å²) in [6.45, 7) is 3.46. The molecule has 5 heteroatoms. The smallest absolute Gasteiger partial charge is 0.148 e. The van der Waals surface area contributed by atoms with Gasteiger partial charge in [0.05, 0.1) is 5.69 Å². The number of rotatable bonds is 3. The van der Waals surface area contributed by atoms with Gasteiger partial charge in [0.1, 0.15) is 22.8 Å². The minimum atomic E-state index is 0.506. The van der Waals surface area contributed by atoms with E-state index < -0.39 is 0 Å². The van der Waals surface area contributed by atoms with Gasteiger partial charge in [0.15, 0.2) is 0 Å². The van der Waals surface area contributed by atoms with Crippen LogP contribution in [-0.4, -0.2) is 28.0 Å². The molecule has 1 aliphatic heterocycles. The minimum Gasteiger partial charge on any atom is -0.486 e. The van der Waals surface area contributed by atoms with Crippen molar-refractivity contribution in [2.45, 2.75) is 19.7 Å². The van der Waals surface area contributed by atoms with E-state index in [-0.39, 0.29) is 0 Å². The SMILES string of the molecule is CN1CCn2c(COc3ccccc3)nc(Br)c2C1. The Morgan fingerprint density at radius 2 is 2.05 bits per heavy atom. The Hall–Kier alpha value is -1.33. The summed E-state index contributed by atoms with van der Waals surface area (Å²) >= 11 is 3.54. The van der Waals surface area contributed by atoms with Gasteiger partial charge in [-0.1, -0.05) is 18.2 Å². The summed E-state index contributed by atoms with van der Waals surface area (Å²) in [6.07, 6.45) is 0. The van der Waals surface area contributed by atoms with Gasteiger partial charge in [-0.25, -0.2) is 4.98 Å². The van der Waals surface area contributed by atoms with Crippen LogP contribution in [0.15, 0.2) is 34.9 Å². The molecule has 0 unspecified atom stereocenters. The molecule has 0 spiro atoms. The van der Waals surface area contributed by atoms with E-state index in [0.717, 1.165) is 35.8 Å². The van der Waals surface area contributed by atoms with Crippen LogP contribution in [0.5, 0.6) is 5.75 Å². The van der Waals surface area contributed by atoms with Crippen molar-refractivity contribution in [1.82, 2.24) is 14.5 Å². The van der Waals surface area contributed by atoms with Gasteiger partial charge in [-0.05, 0) is 35.1 Å². The fraction of sp³-hybridized carbons (Fsp3) is 0.357. The minimum absolute atomic E-state index is 0.506. The number of halogens is 1. The maximum atomic E-state index is 5.78. The molecule has 0 amide bonds. The average Bonchev–Trinajstić information content (AvgIpc) is 2.74. The van der Waals surface area contributed by atoms with E-state index in [4.69, 9.17) is 4.74 Å². The van der Waals surface area contributed by atoms with Crippen LogP contribution >= 0.6 is 15.9 Å². The third-order valence-corrected chi connectivity index (χ3v) is 3.97. The summed E-state index contributed by atoms with van der Waals surface area (Å²) in [6, 6.07) is 9.85. The maximum absolute atomic E-state index is 5.78. The Bertz CT molecular complexity index is 568. The quantitative estimate of drug-likeness (QED) is 0.870. The van der Waals surface area contributed by atoms with E-state index in [0.29, 0.717) is 6.61 Å². The van der Waals surface area contributed by atoms with Gasteiger partial charge in [0.25, 0.3) is 0 Å². The number of benzene rings is 1. The second kappa shape index (κ2) is 5.35. The number of para-hydroxylation sites is 1. The third kappa shape index (κ3) is 2.67. The molecule has 19 heavy (non-hydrogen) atoms.